The summed E-state index contributed by atoms with van der Waals surface area (Å²) in [6.07, 6.45) is 5.97. The Labute approximate surface area is 163 Å². The molecule has 1 heterocycles. The highest BCUT2D eigenvalue weighted by Gasteiger charge is 2.20. The molecule has 1 amide bonds. The number of nitrogens with two attached hydrogens (primary N) is 1. The number of hydrogen-bond acceptors (Lipinski definition) is 4. The first-order valence-electron chi connectivity index (χ1n) is 8.71. The molecule has 0 aromatic heterocycles. The second kappa shape index (κ2) is 9.26. The van der Waals surface area contributed by atoms with E-state index < -0.39 is 0 Å². The van der Waals surface area contributed by atoms with Gasteiger partial charge in [0.05, 0.1) is 10.6 Å². The molecule has 0 fully saturated rings. The molecular weight excluding hydrogens is 364 g/mol. The van der Waals surface area contributed by atoms with Crippen LogP contribution in [-0.2, 0) is 9.78 Å². The van der Waals surface area contributed by atoms with Crippen LogP contribution in [0.25, 0.3) is 11.1 Å². The number of carbonyl (C=O) groups excluding carboxylic acids is 1. The fourth-order valence-corrected chi connectivity index (χ4v) is 3.23. The predicted molar refractivity (Wildman–Crippen MR) is 106 cm³/mol. The molecule has 27 heavy (non-hydrogen) atoms. The molecule has 140 valence electrons. The van der Waals surface area contributed by atoms with Crippen LogP contribution in [0.3, 0.4) is 0 Å². The van der Waals surface area contributed by atoms with E-state index >= 15 is 0 Å². The first-order chi connectivity index (χ1) is 13.2. The van der Waals surface area contributed by atoms with Gasteiger partial charge in [-0.25, -0.2) is 0 Å². The van der Waals surface area contributed by atoms with E-state index in [1.54, 1.807) is 12.1 Å². The molecule has 0 aliphatic carbocycles. The third-order valence-corrected chi connectivity index (χ3v) is 4.57. The maximum Gasteiger partial charge on any atom is 0.253 e. The van der Waals surface area contributed by atoms with Crippen molar-refractivity contribution in [3.05, 3.63) is 83.3 Å². The Bertz CT molecular complexity index is 850. The fraction of sp³-hybridized carbons (Fsp3) is 0.190. The topological polar surface area (TPSA) is 73.6 Å². The van der Waals surface area contributed by atoms with Crippen molar-refractivity contribution >= 4 is 17.5 Å². The first kappa shape index (κ1) is 19.0. The SMILES string of the molecule is NCCC(CC1=COOC=C1)NC(=O)c1c(Cl)cccc1-c1ccccc1. The number of carbonyl (C=O) groups is 1. The molecule has 0 spiro atoms. The highest BCUT2D eigenvalue weighted by atomic mass is 35.5. The highest BCUT2D eigenvalue weighted by Crippen LogP contribution is 2.29. The maximum absolute atomic E-state index is 13.1. The molecule has 2 aromatic rings. The van der Waals surface area contributed by atoms with E-state index in [9.17, 15) is 4.79 Å². The number of hydrogen-bond donors (Lipinski definition) is 2. The number of nitrogens with one attached hydrogen (secondary N) is 1. The van der Waals surface area contributed by atoms with Gasteiger partial charge >= 0.3 is 0 Å². The summed E-state index contributed by atoms with van der Waals surface area (Å²) in [5.74, 6) is -0.226. The van der Waals surface area contributed by atoms with Gasteiger partial charge in [-0.15, -0.1) is 0 Å². The summed E-state index contributed by atoms with van der Waals surface area (Å²) in [7, 11) is 0. The normalized spacial score (nSPS) is 13.9. The average molecular weight is 385 g/mol. The van der Waals surface area contributed by atoms with Gasteiger partial charge in [-0.2, -0.15) is 0 Å². The minimum Gasteiger partial charge on any atom is -0.349 e. The molecule has 0 saturated carbocycles. The lowest BCUT2D eigenvalue weighted by atomic mass is 9.98. The van der Waals surface area contributed by atoms with Crippen LogP contribution in [0.1, 0.15) is 23.2 Å². The van der Waals surface area contributed by atoms with Crippen LogP contribution in [0, 0.1) is 0 Å². The highest BCUT2D eigenvalue weighted by molar-refractivity contribution is 6.34. The van der Waals surface area contributed by atoms with E-state index in [-0.39, 0.29) is 11.9 Å². The fourth-order valence-electron chi connectivity index (χ4n) is 2.97. The van der Waals surface area contributed by atoms with E-state index in [4.69, 9.17) is 22.2 Å². The van der Waals surface area contributed by atoms with Crippen molar-refractivity contribution in [3.63, 3.8) is 0 Å². The van der Waals surface area contributed by atoms with E-state index in [0.717, 1.165) is 16.7 Å². The quantitative estimate of drug-likeness (QED) is 0.701. The Balaban J connectivity index is 1.84. The number of halogens is 1. The summed E-state index contributed by atoms with van der Waals surface area (Å²) < 4.78 is 0. The molecular formula is C21H21ClN2O3. The van der Waals surface area contributed by atoms with Crippen molar-refractivity contribution in [2.24, 2.45) is 5.73 Å². The van der Waals surface area contributed by atoms with Gasteiger partial charge in [0.2, 0.25) is 0 Å². The number of rotatable bonds is 7. The predicted octanol–water partition coefficient (Wildman–Crippen LogP) is 4.20. The Hall–Kier alpha value is -2.76. The van der Waals surface area contributed by atoms with Crippen molar-refractivity contribution in [1.29, 1.82) is 0 Å². The summed E-state index contributed by atoms with van der Waals surface area (Å²) in [6, 6.07) is 15.0. The lowest BCUT2D eigenvalue weighted by Gasteiger charge is -2.21. The van der Waals surface area contributed by atoms with Gasteiger partial charge in [0.25, 0.3) is 5.91 Å². The molecule has 3 rings (SSSR count). The zero-order valence-corrected chi connectivity index (χ0v) is 15.5. The minimum atomic E-state index is -0.226. The van der Waals surface area contributed by atoms with Gasteiger partial charge in [0, 0.05) is 6.04 Å². The van der Waals surface area contributed by atoms with Crippen LogP contribution in [0.2, 0.25) is 5.02 Å². The van der Waals surface area contributed by atoms with Gasteiger partial charge in [0.15, 0.2) is 0 Å². The third kappa shape index (κ3) is 4.90. The Morgan fingerprint density at radius 3 is 2.63 bits per heavy atom. The van der Waals surface area contributed by atoms with Gasteiger partial charge in [-0.3, -0.25) is 14.6 Å². The largest absolute Gasteiger partial charge is 0.349 e. The van der Waals surface area contributed by atoms with E-state index in [0.29, 0.717) is 30.0 Å². The van der Waals surface area contributed by atoms with Crippen LogP contribution < -0.4 is 11.1 Å². The van der Waals surface area contributed by atoms with Crippen LogP contribution >= 0.6 is 11.6 Å². The zero-order valence-electron chi connectivity index (χ0n) is 14.7. The maximum atomic E-state index is 13.1. The van der Waals surface area contributed by atoms with E-state index in [2.05, 4.69) is 10.2 Å². The van der Waals surface area contributed by atoms with Crippen molar-refractivity contribution in [3.8, 4) is 11.1 Å². The van der Waals surface area contributed by atoms with Crippen molar-refractivity contribution in [2.75, 3.05) is 6.54 Å². The van der Waals surface area contributed by atoms with E-state index in [1.165, 1.54) is 12.5 Å². The van der Waals surface area contributed by atoms with Crippen LogP contribution in [0.5, 0.6) is 0 Å². The molecule has 3 N–H and O–H groups in total. The third-order valence-electron chi connectivity index (χ3n) is 4.25. The molecule has 0 bridgehead atoms. The van der Waals surface area contributed by atoms with Crippen LogP contribution in [-0.4, -0.2) is 18.5 Å². The number of allylic oxidation sites excluding steroid dienone is 1. The smallest absolute Gasteiger partial charge is 0.253 e. The summed E-state index contributed by atoms with van der Waals surface area (Å²) in [5, 5.41) is 3.47. The Morgan fingerprint density at radius 1 is 1.11 bits per heavy atom. The van der Waals surface area contributed by atoms with Gasteiger partial charge in [-0.05, 0) is 48.2 Å². The lowest BCUT2D eigenvalue weighted by molar-refractivity contribution is -0.199. The molecule has 1 aliphatic rings. The lowest BCUT2D eigenvalue weighted by Crippen LogP contribution is -2.37. The summed E-state index contributed by atoms with van der Waals surface area (Å²) >= 11 is 6.38. The monoisotopic (exact) mass is 384 g/mol. The van der Waals surface area contributed by atoms with Gasteiger partial charge in [-0.1, -0.05) is 54.1 Å². The van der Waals surface area contributed by atoms with Crippen molar-refractivity contribution < 1.29 is 14.6 Å². The summed E-state index contributed by atoms with van der Waals surface area (Å²) in [4.78, 5) is 22.6. The average Bonchev–Trinajstić information content (AvgIpc) is 2.69. The molecule has 6 heteroatoms. The zero-order chi connectivity index (χ0) is 19.1. The molecule has 1 aliphatic heterocycles. The molecule has 5 nitrogen and oxygen atoms in total. The van der Waals surface area contributed by atoms with Gasteiger partial charge in [0.1, 0.15) is 12.5 Å². The number of benzene rings is 2. The van der Waals surface area contributed by atoms with Crippen LogP contribution in [0.4, 0.5) is 0 Å². The molecule has 0 radical (unpaired) electrons. The second-order valence-corrected chi connectivity index (χ2v) is 6.58. The summed E-state index contributed by atoms with van der Waals surface area (Å²) in [5.41, 5.74) is 8.82. The standard InChI is InChI=1S/C21H21ClN2O3/c22-19-8-4-7-18(16-5-2-1-3-6-16)20(19)21(25)24-17(9-11-23)13-15-10-12-26-27-14-15/h1-8,10,12,14,17H,9,11,13,23H2,(H,24,25). The molecule has 2 aromatic carbocycles. The molecule has 1 unspecified atom stereocenters. The molecule has 0 saturated heterocycles. The van der Waals surface area contributed by atoms with Crippen molar-refractivity contribution in [2.45, 2.75) is 18.9 Å². The number of amides is 1. The van der Waals surface area contributed by atoms with Gasteiger partial charge < -0.3 is 11.1 Å². The Morgan fingerprint density at radius 2 is 1.93 bits per heavy atom. The van der Waals surface area contributed by atoms with Crippen molar-refractivity contribution in [1.82, 2.24) is 5.32 Å². The minimum absolute atomic E-state index is 0.153. The summed E-state index contributed by atoms with van der Waals surface area (Å²) in [6.45, 7) is 0.452. The Kier molecular flexibility index (Phi) is 6.52. The first-order valence-corrected chi connectivity index (χ1v) is 9.09. The van der Waals surface area contributed by atoms with Crippen LogP contribution in [0.15, 0.2) is 72.7 Å². The second-order valence-electron chi connectivity index (χ2n) is 6.17. The molecule has 1 atom stereocenters. The van der Waals surface area contributed by atoms with E-state index in [1.807, 2.05) is 42.5 Å².